The Morgan fingerprint density at radius 2 is 2.00 bits per heavy atom. The van der Waals surface area contributed by atoms with Crippen LogP contribution in [0.5, 0.6) is 0 Å². The van der Waals surface area contributed by atoms with Crippen molar-refractivity contribution in [3.8, 4) is 0 Å². The first kappa shape index (κ1) is 17.4. The Hall–Kier alpha value is -0.920. The molecule has 1 aromatic rings. The molecule has 124 valence electrons. The molecular weight excluding hydrogens is 320 g/mol. The van der Waals surface area contributed by atoms with Crippen LogP contribution >= 0.6 is 11.3 Å². The standard InChI is InChI=1S/C15H24N2O3S2/c18-14(9-8-13-5-2-1-3-6-13)16-10-11-17-22(19,20)15-7-4-12-21-15/h4,7,12-13,17H,1-3,5-6,8-11H2,(H,16,18). The van der Waals surface area contributed by atoms with E-state index >= 15 is 0 Å². The maximum absolute atomic E-state index is 11.9. The third-order valence-corrected chi connectivity index (χ3v) is 6.86. The first-order valence-corrected chi connectivity index (χ1v) is 10.2. The van der Waals surface area contributed by atoms with E-state index in [4.69, 9.17) is 0 Å². The van der Waals surface area contributed by atoms with Gasteiger partial charge in [-0.15, -0.1) is 11.3 Å². The summed E-state index contributed by atoms with van der Waals surface area (Å²) in [5.74, 6) is 0.706. The van der Waals surface area contributed by atoms with Gasteiger partial charge in [0.15, 0.2) is 0 Å². The quantitative estimate of drug-likeness (QED) is 0.712. The van der Waals surface area contributed by atoms with E-state index in [-0.39, 0.29) is 12.5 Å². The molecule has 2 rings (SSSR count). The highest BCUT2D eigenvalue weighted by Gasteiger charge is 2.16. The summed E-state index contributed by atoms with van der Waals surface area (Å²) in [6.07, 6.45) is 7.89. The van der Waals surface area contributed by atoms with Gasteiger partial charge in [0.2, 0.25) is 15.9 Å². The minimum Gasteiger partial charge on any atom is -0.355 e. The molecule has 0 aliphatic heterocycles. The topological polar surface area (TPSA) is 75.3 Å². The molecule has 1 heterocycles. The van der Waals surface area contributed by atoms with Gasteiger partial charge in [-0.3, -0.25) is 4.79 Å². The highest BCUT2D eigenvalue weighted by molar-refractivity contribution is 7.91. The fraction of sp³-hybridized carbons (Fsp3) is 0.667. The molecule has 2 N–H and O–H groups in total. The normalized spacial score (nSPS) is 16.5. The van der Waals surface area contributed by atoms with Crippen LogP contribution in [-0.2, 0) is 14.8 Å². The molecule has 1 aromatic heterocycles. The minimum atomic E-state index is -3.43. The molecule has 0 unspecified atom stereocenters. The zero-order valence-corrected chi connectivity index (χ0v) is 14.3. The van der Waals surface area contributed by atoms with Gasteiger partial charge in [0.25, 0.3) is 0 Å². The van der Waals surface area contributed by atoms with Crippen molar-refractivity contribution in [1.29, 1.82) is 0 Å². The number of carbonyl (C=O) groups excluding carboxylic acids is 1. The average Bonchev–Trinajstić information content (AvgIpc) is 3.06. The van der Waals surface area contributed by atoms with Gasteiger partial charge in [-0.2, -0.15) is 0 Å². The first-order valence-electron chi connectivity index (χ1n) is 7.88. The number of hydrogen-bond acceptors (Lipinski definition) is 4. The molecule has 1 amide bonds. The van der Waals surface area contributed by atoms with Crippen molar-refractivity contribution in [2.24, 2.45) is 5.92 Å². The van der Waals surface area contributed by atoms with Crippen LogP contribution in [0.4, 0.5) is 0 Å². The average molecular weight is 345 g/mol. The van der Waals surface area contributed by atoms with Gasteiger partial charge < -0.3 is 5.32 Å². The van der Waals surface area contributed by atoms with Crippen molar-refractivity contribution in [2.45, 2.75) is 49.2 Å². The number of amides is 1. The molecule has 0 saturated heterocycles. The van der Waals surface area contributed by atoms with E-state index in [9.17, 15) is 13.2 Å². The third-order valence-electron chi connectivity index (χ3n) is 4.00. The largest absolute Gasteiger partial charge is 0.355 e. The van der Waals surface area contributed by atoms with Crippen molar-refractivity contribution >= 4 is 27.3 Å². The number of nitrogens with one attached hydrogen (secondary N) is 2. The fourth-order valence-electron chi connectivity index (χ4n) is 2.77. The third kappa shape index (κ3) is 5.70. The van der Waals surface area contributed by atoms with Crippen LogP contribution in [0, 0.1) is 5.92 Å². The molecule has 1 aliphatic rings. The van der Waals surface area contributed by atoms with E-state index < -0.39 is 10.0 Å². The van der Waals surface area contributed by atoms with E-state index in [0.717, 1.165) is 6.42 Å². The molecule has 1 fully saturated rings. The lowest BCUT2D eigenvalue weighted by Gasteiger charge is -2.20. The highest BCUT2D eigenvalue weighted by Crippen LogP contribution is 2.27. The Morgan fingerprint density at radius 1 is 1.23 bits per heavy atom. The summed E-state index contributed by atoms with van der Waals surface area (Å²) < 4.78 is 26.5. The van der Waals surface area contributed by atoms with Crippen LogP contribution in [0.3, 0.4) is 0 Å². The molecule has 0 spiro atoms. The zero-order valence-electron chi connectivity index (χ0n) is 12.7. The summed E-state index contributed by atoms with van der Waals surface area (Å²) in [6.45, 7) is 0.545. The Morgan fingerprint density at radius 3 is 2.68 bits per heavy atom. The van der Waals surface area contributed by atoms with Crippen molar-refractivity contribution < 1.29 is 13.2 Å². The summed E-state index contributed by atoms with van der Waals surface area (Å²) in [4.78, 5) is 11.8. The van der Waals surface area contributed by atoms with E-state index in [1.807, 2.05) is 0 Å². The smallest absolute Gasteiger partial charge is 0.250 e. The van der Waals surface area contributed by atoms with E-state index in [0.29, 0.717) is 23.1 Å². The summed E-state index contributed by atoms with van der Waals surface area (Å²) in [5.41, 5.74) is 0. The summed E-state index contributed by atoms with van der Waals surface area (Å²) >= 11 is 1.18. The Kier molecular flexibility index (Phi) is 6.85. The molecule has 22 heavy (non-hydrogen) atoms. The molecule has 1 aliphatic carbocycles. The number of hydrogen-bond donors (Lipinski definition) is 2. The molecule has 0 radical (unpaired) electrons. The lowest BCUT2D eigenvalue weighted by atomic mass is 9.86. The molecule has 0 aromatic carbocycles. The van der Waals surface area contributed by atoms with Crippen LogP contribution < -0.4 is 10.0 Å². The van der Waals surface area contributed by atoms with Gasteiger partial charge in [-0.1, -0.05) is 38.2 Å². The second kappa shape index (κ2) is 8.64. The summed E-state index contributed by atoms with van der Waals surface area (Å²) in [7, 11) is -3.43. The van der Waals surface area contributed by atoms with Crippen LogP contribution in [0.2, 0.25) is 0 Å². The van der Waals surface area contributed by atoms with Gasteiger partial charge in [0.1, 0.15) is 4.21 Å². The predicted octanol–water partition coefficient (Wildman–Crippen LogP) is 2.50. The van der Waals surface area contributed by atoms with Gasteiger partial charge in [0.05, 0.1) is 0 Å². The van der Waals surface area contributed by atoms with Gasteiger partial charge in [-0.05, 0) is 23.8 Å². The van der Waals surface area contributed by atoms with E-state index in [1.165, 1.54) is 43.4 Å². The zero-order chi connectivity index (χ0) is 15.8. The van der Waals surface area contributed by atoms with Gasteiger partial charge in [-0.25, -0.2) is 13.1 Å². The Balaban J connectivity index is 1.59. The maximum Gasteiger partial charge on any atom is 0.250 e. The van der Waals surface area contributed by atoms with Crippen LogP contribution in [0.15, 0.2) is 21.7 Å². The van der Waals surface area contributed by atoms with Gasteiger partial charge in [0, 0.05) is 19.5 Å². The Bertz CT molecular complexity index is 549. The number of carbonyl (C=O) groups is 1. The lowest BCUT2D eigenvalue weighted by Crippen LogP contribution is -2.34. The SMILES string of the molecule is O=C(CCC1CCCCC1)NCCNS(=O)(=O)c1cccs1. The van der Waals surface area contributed by atoms with Crippen molar-refractivity contribution in [3.05, 3.63) is 17.5 Å². The van der Waals surface area contributed by atoms with E-state index in [2.05, 4.69) is 10.0 Å². The van der Waals surface area contributed by atoms with Crippen molar-refractivity contribution in [3.63, 3.8) is 0 Å². The van der Waals surface area contributed by atoms with Gasteiger partial charge >= 0.3 is 0 Å². The first-order chi connectivity index (χ1) is 10.6. The second-order valence-corrected chi connectivity index (χ2v) is 8.66. The van der Waals surface area contributed by atoms with Crippen molar-refractivity contribution in [2.75, 3.05) is 13.1 Å². The van der Waals surface area contributed by atoms with Crippen molar-refractivity contribution in [1.82, 2.24) is 10.0 Å². The number of thiophene rings is 1. The number of rotatable bonds is 8. The highest BCUT2D eigenvalue weighted by atomic mass is 32.2. The van der Waals surface area contributed by atoms with E-state index in [1.54, 1.807) is 17.5 Å². The van der Waals surface area contributed by atoms with Crippen LogP contribution in [0.1, 0.15) is 44.9 Å². The van der Waals surface area contributed by atoms with Crippen LogP contribution in [-0.4, -0.2) is 27.4 Å². The molecule has 0 atom stereocenters. The maximum atomic E-state index is 11.9. The minimum absolute atomic E-state index is 0.0147. The lowest BCUT2D eigenvalue weighted by molar-refractivity contribution is -0.121. The fourth-order valence-corrected chi connectivity index (χ4v) is 4.84. The van der Waals surface area contributed by atoms with Crippen LogP contribution in [0.25, 0.3) is 0 Å². The summed E-state index contributed by atoms with van der Waals surface area (Å²) in [5, 5.41) is 4.50. The molecule has 7 heteroatoms. The monoisotopic (exact) mass is 344 g/mol. The second-order valence-electron chi connectivity index (χ2n) is 5.72. The number of sulfonamides is 1. The molecular formula is C15H24N2O3S2. The molecule has 1 saturated carbocycles. The summed E-state index contributed by atoms with van der Waals surface area (Å²) in [6, 6.07) is 3.27. The predicted molar refractivity (Wildman–Crippen MR) is 88.3 cm³/mol. The molecule has 0 bridgehead atoms. The molecule has 5 nitrogen and oxygen atoms in total. The Labute approximate surface area is 136 Å².